The SMILES string of the molecule is CCc1ccc(C(=O)Nc2cc(NC(C)=O)ccc2OC)cc1. The number of nitrogens with one attached hydrogen (secondary N) is 2. The van der Waals surface area contributed by atoms with Crippen LogP contribution in [0.15, 0.2) is 42.5 Å². The molecule has 0 aliphatic carbocycles. The van der Waals surface area contributed by atoms with Gasteiger partial charge in [-0.05, 0) is 42.3 Å². The van der Waals surface area contributed by atoms with Gasteiger partial charge < -0.3 is 15.4 Å². The van der Waals surface area contributed by atoms with Crippen LogP contribution in [-0.4, -0.2) is 18.9 Å². The lowest BCUT2D eigenvalue weighted by molar-refractivity contribution is -0.114. The van der Waals surface area contributed by atoms with Crippen molar-refractivity contribution in [2.45, 2.75) is 20.3 Å². The molecule has 2 amide bonds. The first-order chi connectivity index (χ1) is 11.0. The Labute approximate surface area is 135 Å². The van der Waals surface area contributed by atoms with Gasteiger partial charge in [0.1, 0.15) is 5.75 Å². The van der Waals surface area contributed by atoms with Crippen LogP contribution < -0.4 is 15.4 Å². The molecule has 2 rings (SSSR count). The fraction of sp³-hybridized carbons (Fsp3) is 0.222. The highest BCUT2D eigenvalue weighted by Gasteiger charge is 2.11. The summed E-state index contributed by atoms with van der Waals surface area (Å²) < 4.78 is 5.25. The fourth-order valence-corrected chi connectivity index (χ4v) is 2.17. The van der Waals surface area contributed by atoms with Crippen molar-refractivity contribution in [2.75, 3.05) is 17.7 Å². The summed E-state index contributed by atoms with van der Waals surface area (Å²) in [6, 6.07) is 12.5. The zero-order chi connectivity index (χ0) is 16.8. The van der Waals surface area contributed by atoms with Crippen molar-refractivity contribution in [1.29, 1.82) is 0 Å². The predicted molar refractivity (Wildman–Crippen MR) is 91.1 cm³/mol. The first kappa shape index (κ1) is 16.5. The standard InChI is InChI=1S/C18H20N2O3/c1-4-13-5-7-14(8-6-13)18(22)20-16-11-15(19-12(2)21)9-10-17(16)23-3/h5-11H,4H2,1-3H3,(H,19,21)(H,20,22). The molecule has 0 unspecified atom stereocenters. The Balaban J connectivity index is 2.22. The maximum absolute atomic E-state index is 12.4. The van der Waals surface area contributed by atoms with E-state index in [1.807, 2.05) is 12.1 Å². The normalized spacial score (nSPS) is 10.0. The van der Waals surface area contributed by atoms with E-state index < -0.39 is 0 Å². The Bertz CT molecular complexity index is 709. The minimum absolute atomic E-state index is 0.178. The van der Waals surface area contributed by atoms with E-state index in [0.717, 1.165) is 6.42 Å². The number of anilines is 2. The maximum atomic E-state index is 12.4. The molecular formula is C18H20N2O3. The molecule has 0 radical (unpaired) electrons. The number of aryl methyl sites for hydroxylation is 1. The molecule has 0 aliphatic heterocycles. The second kappa shape index (κ2) is 7.45. The minimum Gasteiger partial charge on any atom is -0.495 e. The molecule has 2 aromatic rings. The molecule has 23 heavy (non-hydrogen) atoms. The monoisotopic (exact) mass is 312 g/mol. The largest absolute Gasteiger partial charge is 0.495 e. The number of benzene rings is 2. The highest BCUT2D eigenvalue weighted by atomic mass is 16.5. The van der Waals surface area contributed by atoms with Crippen LogP contribution in [0.1, 0.15) is 29.8 Å². The van der Waals surface area contributed by atoms with E-state index in [1.165, 1.54) is 19.6 Å². The summed E-state index contributed by atoms with van der Waals surface area (Å²) in [5.74, 6) is 0.117. The first-order valence-electron chi connectivity index (χ1n) is 7.39. The van der Waals surface area contributed by atoms with Gasteiger partial charge in [-0.15, -0.1) is 0 Å². The molecule has 0 bridgehead atoms. The molecule has 0 spiro atoms. The van der Waals surface area contributed by atoms with Gasteiger partial charge in [0.15, 0.2) is 0 Å². The third-order valence-electron chi connectivity index (χ3n) is 3.39. The summed E-state index contributed by atoms with van der Waals surface area (Å²) in [5, 5.41) is 5.49. The Hall–Kier alpha value is -2.82. The molecule has 0 aliphatic rings. The third-order valence-corrected chi connectivity index (χ3v) is 3.39. The smallest absolute Gasteiger partial charge is 0.255 e. The van der Waals surface area contributed by atoms with Crippen LogP contribution in [0.25, 0.3) is 0 Å². The molecule has 120 valence electrons. The number of carbonyl (C=O) groups is 2. The number of rotatable bonds is 5. The van der Waals surface area contributed by atoms with Crippen molar-refractivity contribution < 1.29 is 14.3 Å². The van der Waals surface area contributed by atoms with Gasteiger partial charge in [0.25, 0.3) is 5.91 Å². The summed E-state index contributed by atoms with van der Waals surface area (Å²) in [7, 11) is 1.53. The topological polar surface area (TPSA) is 67.4 Å². The van der Waals surface area contributed by atoms with Gasteiger partial charge in [-0.25, -0.2) is 0 Å². The van der Waals surface area contributed by atoms with E-state index in [-0.39, 0.29) is 11.8 Å². The summed E-state index contributed by atoms with van der Waals surface area (Å²) in [4.78, 5) is 23.5. The van der Waals surface area contributed by atoms with Gasteiger partial charge in [0, 0.05) is 18.2 Å². The number of carbonyl (C=O) groups excluding carboxylic acids is 2. The van der Waals surface area contributed by atoms with Crippen molar-refractivity contribution in [3.05, 3.63) is 53.6 Å². The molecule has 2 aromatic carbocycles. The van der Waals surface area contributed by atoms with Gasteiger partial charge in [0.05, 0.1) is 12.8 Å². The molecule has 0 aromatic heterocycles. The van der Waals surface area contributed by atoms with Gasteiger partial charge >= 0.3 is 0 Å². The lowest BCUT2D eigenvalue weighted by Crippen LogP contribution is -2.13. The van der Waals surface area contributed by atoms with Crippen LogP contribution in [0.5, 0.6) is 5.75 Å². The number of hydrogen-bond donors (Lipinski definition) is 2. The molecule has 0 atom stereocenters. The number of ether oxygens (including phenoxy) is 1. The molecule has 0 saturated heterocycles. The summed E-state index contributed by atoms with van der Waals surface area (Å²) in [5.41, 5.74) is 2.83. The van der Waals surface area contributed by atoms with Gasteiger partial charge in [0.2, 0.25) is 5.91 Å². The van der Waals surface area contributed by atoms with E-state index >= 15 is 0 Å². The van der Waals surface area contributed by atoms with E-state index in [0.29, 0.717) is 22.7 Å². The van der Waals surface area contributed by atoms with Crippen molar-refractivity contribution in [1.82, 2.24) is 0 Å². The minimum atomic E-state index is -0.231. The molecule has 0 saturated carbocycles. The van der Waals surface area contributed by atoms with Crippen LogP contribution in [0.2, 0.25) is 0 Å². The van der Waals surface area contributed by atoms with Crippen LogP contribution in [-0.2, 0) is 11.2 Å². The molecule has 0 heterocycles. The van der Waals surface area contributed by atoms with Crippen molar-refractivity contribution >= 4 is 23.2 Å². The summed E-state index contributed by atoms with van der Waals surface area (Å²) in [6.45, 7) is 3.49. The summed E-state index contributed by atoms with van der Waals surface area (Å²) in [6.07, 6.45) is 0.925. The van der Waals surface area contributed by atoms with Crippen LogP contribution >= 0.6 is 0 Å². The van der Waals surface area contributed by atoms with E-state index in [2.05, 4.69) is 17.6 Å². The Kier molecular flexibility index (Phi) is 5.36. The number of methoxy groups -OCH3 is 1. The van der Waals surface area contributed by atoms with E-state index in [4.69, 9.17) is 4.74 Å². The number of amides is 2. The average molecular weight is 312 g/mol. The maximum Gasteiger partial charge on any atom is 0.255 e. The van der Waals surface area contributed by atoms with Gasteiger partial charge in [-0.2, -0.15) is 0 Å². The molecule has 5 nitrogen and oxygen atoms in total. The average Bonchev–Trinajstić information content (AvgIpc) is 2.54. The highest BCUT2D eigenvalue weighted by Crippen LogP contribution is 2.28. The summed E-state index contributed by atoms with van der Waals surface area (Å²) >= 11 is 0. The Morgan fingerprint density at radius 2 is 1.74 bits per heavy atom. The zero-order valence-electron chi connectivity index (χ0n) is 13.5. The van der Waals surface area contributed by atoms with Crippen LogP contribution in [0.3, 0.4) is 0 Å². The fourth-order valence-electron chi connectivity index (χ4n) is 2.17. The van der Waals surface area contributed by atoms with Crippen molar-refractivity contribution in [3.8, 4) is 5.75 Å². The quantitative estimate of drug-likeness (QED) is 0.888. The lowest BCUT2D eigenvalue weighted by Gasteiger charge is -2.12. The van der Waals surface area contributed by atoms with E-state index in [9.17, 15) is 9.59 Å². The second-order valence-electron chi connectivity index (χ2n) is 5.10. The molecule has 2 N–H and O–H groups in total. The molecule has 0 fully saturated rings. The Morgan fingerprint density at radius 3 is 2.30 bits per heavy atom. The van der Waals surface area contributed by atoms with Crippen molar-refractivity contribution in [2.24, 2.45) is 0 Å². The lowest BCUT2D eigenvalue weighted by atomic mass is 10.1. The third kappa shape index (κ3) is 4.32. The first-order valence-corrected chi connectivity index (χ1v) is 7.39. The number of hydrogen-bond acceptors (Lipinski definition) is 3. The van der Waals surface area contributed by atoms with Crippen LogP contribution in [0, 0.1) is 0 Å². The van der Waals surface area contributed by atoms with Crippen molar-refractivity contribution in [3.63, 3.8) is 0 Å². The van der Waals surface area contributed by atoms with Gasteiger partial charge in [-0.1, -0.05) is 19.1 Å². The van der Waals surface area contributed by atoms with Crippen LogP contribution in [0.4, 0.5) is 11.4 Å². The van der Waals surface area contributed by atoms with Gasteiger partial charge in [-0.3, -0.25) is 9.59 Å². The van der Waals surface area contributed by atoms with E-state index in [1.54, 1.807) is 30.3 Å². The zero-order valence-corrected chi connectivity index (χ0v) is 13.5. The molecule has 5 heteroatoms. The second-order valence-corrected chi connectivity index (χ2v) is 5.10. The predicted octanol–water partition coefficient (Wildman–Crippen LogP) is 3.47. The highest BCUT2D eigenvalue weighted by molar-refractivity contribution is 6.05. The molecular weight excluding hydrogens is 292 g/mol. The Morgan fingerprint density at radius 1 is 1.04 bits per heavy atom.